The van der Waals surface area contributed by atoms with Gasteiger partial charge in [-0.15, -0.1) is 0 Å². The van der Waals surface area contributed by atoms with E-state index in [1.165, 1.54) is 0 Å². The number of nitrogens with zero attached hydrogens (tertiary/aromatic N) is 2. The summed E-state index contributed by atoms with van der Waals surface area (Å²) >= 11 is 0. The number of ether oxygens (including phenoxy) is 1. The molecule has 20 heavy (non-hydrogen) atoms. The number of hydrogen-bond donors (Lipinski definition) is 1. The molecule has 0 unspecified atom stereocenters. The molecule has 2 rings (SSSR count). The van der Waals surface area contributed by atoms with E-state index in [4.69, 9.17) is 10.5 Å². The second-order valence-corrected chi connectivity index (χ2v) is 4.53. The van der Waals surface area contributed by atoms with Crippen molar-refractivity contribution in [1.29, 1.82) is 0 Å². The maximum atomic E-state index is 5.95. The van der Waals surface area contributed by atoms with Crippen LogP contribution in [0.2, 0.25) is 0 Å². The monoisotopic (exact) mass is 271 g/mol. The van der Waals surface area contributed by atoms with Gasteiger partial charge in [0, 0.05) is 36.2 Å². The van der Waals surface area contributed by atoms with Crippen LogP contribution in [-0.4, -0.2) is 18.1 Å². The molecule has 1 aromatic heterocycles. The fourth-order valence-corrected chi connectivity index (χ4v) is 2.11. The first kappa shape index (κ1) is 14.2. The molecule has 0 bridgehead atoms. The molecule has 0 aliphatic rings. The summed E-state index contributed by atoms with van der Waals surface area (Å²) in [6.45, 7) is 6.36. The van der Waals surface area contributed by atoms with Crippen molar-refractivity contribution in [1.82, 2.24) is 4.98 Å². The maximum Gasteiger partial charge on any atom is 0.123 e. The van der Waals surface area contributed by atoms with E-state index in [0.717, 1.165) is 30.2 Å². The van der Waals surface area contributed by atoms with E-state index in [1.54, 1.807) is 0 Å². The van der Waals surface area contributed by atoms with Crippen molar-refractivity contribution in [2.75, 3.05) is 23.8 Å². The lowest BCUT2D eigenvalue weighted by Gasteiger charge is -2.23. The van der Waals surface area contributed by atoms with E-state index in [9.17, 15) is 0 Å². The molecular formula is C16H21N3O. The number of pyridine rings is 1. The third-order valence-corrected chi connectivity index (χ3v) is 3.05. The Bertz CT molecular complexity index is 543. The SMILES string of the molecule is CCOc1cc(N)cc(N(CC)Cc2ccccn2)c1. The number of benzene rings is 1. The summed E-state index contributed by atoms with van der Waals surface area (Å²) in [6.07, 6.45) is 1.81. The number of rotatable bonds is 6. The first-order valence-electron chi connectivity index (χ1n) is 6.91. The molecule has 2 aromatic rings. The van der Waals surface area contributed by atoms with Crippen molar-refractivity contribution in [2.24, 2.45) is 0 Å². The second kappa shape index (κ2) is 6.80. The molecule has 106 valence electrons. The average molecular weight is 271 g/mol. The molecule has 0 aliphatic heterocycles. The Balaban J connectivity index is 2.22. The van der Waals surface area contributed by atoms with Gasteiger partial charge < -0.3 is 15.4 Å². The summed E-state index contributed by atoms with van der Waals surface area (Å²) in [6, 6.07) is 11.8. The highest BCUT2D eigenvalue weighted by molar-refractivity contribution is 5.60. The Kier molecular flexibility index (Phi) is 4.82. The molecule has 0 fully saturated rings. The molecule has 1 heterocycles. The lowest BCUT2D eigenvalue weighted by molar-refractivity contribution is 0.340. The summed E-state index contributed by atoms with van der Waals surface area (Å²) in [5.41, 5.74) is 8.76. The summed E-state index contributed by atoms with van der Waals surface area (Å²) in [5.74, 6) is 0.807. The van der Waals surface area contributed by atoms with Crippen LogP contribution in [0.3, 0.4) is 0 Å². The lowest BCUT2D eigenvalue weighted by atomic mass is 10.2. The molecule has 1 aromatic carbocycles. The number of nitrogens with two attached hydrogens (primary N) is 1. The Labute approximate surface area is 120 Å². The zero-order chi connectivity index (χ0) is 14.4. The normalized spacial score (nSPS) is 10.3. The van der Waals surface area contributed by atoms with E-state index in [-0.39, 0.29) is 0 Å². The molecule has 2 N–H and O–H groups in total. The third kappa shape index (κ3) is 3.63. The van der Waals surface area contributed by atoms with E-state index >= 15 is 0 Å². The van der Waals surface area contributed by atoms with Crippen LogP contribution >= 0.6 is 0 Å². The summed E-state index contributed by atoms with van der Waals surface area (Å²) in [7, 11) is 0. The van der Waals surface area contributed by atoms with E-state index in [2.05, 4.69) is 16.8 Å². The molecule has 4 nitrogen and oxygen atoms in total. The Morgan fingerprint density at radius 3 is 2.70 bits per heavy atom. The highest BCUT2D eigenvalue weighted by Gasteiger charge is 2.08. The Hall–Kier alpha value is -2.23. The molecule has 0 radical (unpaired) electrons. The number of nitrogen functional groups attached to an aromatic ring is 1. The van der Waals surface area contributed by atoms with Gasteiger partial charge in [-0.3, -0.25) is 4.98 Å². The van der Waals surface area contributed by atoms with Crippen LogP contribution in [-0.2, 0) is 6.54 Å². The molecule has 0 saturated heterocycles. The summed E-state index contributed by atoms with van der Waals surface area (Å²) in [5, 5.41) is 0. The van der Waals surface area contributed by atoms with Gasteiger partial charge in [-0.05, 0) is 32.0 Å². The highest BCUT2D eigenvalue weighted by atomic mass is 16.5. The van der Waals surface area contributed by atoms with Crippen LogP contribution < -0.4 is 15.4 Å². The fraction of sp³-hybridized carbons (Fsp3) is 0.312. The zero-order valence-electron chi connectivity index (χ0n) is 12.0. The van der Waals surface area contributed by atoms with Crippen LogP contribution in [0.5, 0.6) is 5.75 Å². The quantitative estimate of drug-likeness (QED) is 0.820. The van der Waals surface area contributed by atoms with Gasteiger partial charge in [0.25, 0.3) is 0 Å². The number of aromatic nitrogens is 1. The molecule has 0 saturated carbocycles. The molecule has 0 atom stereocenters. The van der Waals surface area contributed by atoms with Gasteiger partial charge in [-0.1, -0.05) is 6.07 Å². The van der Waals surface area contributed by atoms with Crippen LogP contribution in [0.25, 0.3) is 0 Å². The second-order valence-electron chi connectivity index (χ2n) is 4.53. The average Bonchev–Trinajstić information content (AvgIpc) is 2.45. The lowest BCUT2D eigenvalue weighted by Crippen LogP contribution is -2.22. The minimum atomic E-state index is 0.634. The van der Waals surface area contributed by atoms with Gasteiger partial charge >= 0.3 is 0 Å². The summed E-state index contributed by atoms with van der Waals surface area (Å²) < 4.78 is 5.55. The molecule has 0 spiro atoms. The van der Waals surface area contributed by atoms with Crippen LogP contribution in [0.4, 0.5) is 11.4 Å². The van der Waals surface area contributed by atoms with Crippen molar-refractivity contribution in [3.8, 4) is 5.75 Å². The van der Waals surface area contributed by atoms with Crippen molar-refractivity contribution < 1.29 is 4.74 Å². The first-order valence-corrected chi connectivity index (χ1v) is 6.91. The van der Waals surface area contributed by atoms with E-state index in [1.807, 2.05) is 49.5 Å². The van der Waals surface area contributed by atoms with Crippen molar-refractivity contribution >= 4 is 11.4 Å². The van der Waals surface area contributed by atoms with E-state index < -0.39 is 0 Å². The predicted octanol–water partition coefficient (Wildman–Crippen LogP) is 3.09. The number of hydrogen-bond acceptors (Lipinski definition) is 4. The van der Waals surface area contributed by atoms with Crippen molar-refractivity contribution in [3.05, 3.63) is 48.3 Å². The van der Waals surface area contributed by atoms with Gasteiger partial charge in [0.15, 0.2) is 0 Å². The molecule has 0 amide bonds. The van der Waals surface area contributed by atoms with Gasteiger partial charge in [-0.25, -0.2) is 0 Å². The maximum absolute atomic E-state index is 5.95. The van der Waals surface area contributed by atoms with Crippen LogP contribution in [0.1, 0.15) is 19.5 Å². The molecule has 0 aliphatic carbocycles. The van der Waals surface area contributed by atoms with Crippen molar-refractivity contribution in [2.45, 2.75) is 20.4 Å². The Morgan fingerprint density at radius 2 is 2.05 bits per heavy atom. The van der Waals surface area contributed by atoms with Crippen LogP contribution in [0, 0.1) is 0 Å². The minimum Gasteiger partial charge on any atom is -0.494 e. The molecule has 4 heteroatoms. The first-order chi connectivity index (χ1) is 9.72. The fourth-order valence-electron chi connectivity index (χ4n) is 2.11. The largest absolute Gasteiger partial charge is 0.494 e. The van der Waals surface area contributed by atoms with Crippen molar-refractivity contribution in [3.63, 3.8) is 0 Å². The Morgan fingerprint density at radius 1 is 1.20 bits per heavy atom. The van der Waals surface area contributed by atoms with Crippen LogP contribution in [0.15, 0.2) is 42.6 Å². The number of anilines is 2. The zero-order valence-corrected chi connectivity index (χ0v) is 12.0. The van der Waals surface area contributed by atoms with Gasteiger partial charge in [0.2, 0.25) is 0 Å². The topological polar surface area (TPSA) is 51.4 Å². The highest BCUT2D eigenvalue weighted by Crippen LogP contribution is 2.26. The van der Waals surface area contributed by atoms with Gasteiger partial charge in [-0.2, -0.15) is 0 Å². The molecular weight excluding hydrogens is 250 g/mol. The third-order valence-electron chi connectivity index (χ3n) is 3.05. The predicted molar refractivity (Wildman–Crippen MR) is 83.0 cm³/mol. The van der Waals surface area contributed by atoms with Gasteiger partial charge in [0.1, 0.15) is 5.75 Å². The standard InChI is InChI=1S/C16H21N3O/c1-3-19(12-14-7-5-6-8-18-14)15-9-13(17)10-16(11-15)20-4-2/h5-11H,3-4,12,17H2,1-2H3. The summed E-state index contributed by atoms with van der Waals surface area (Å²) in [4.78, 5) is 6.59. The smallest absolute Gasteiger partial charge is 0.123 e. The minimum absolute atomic E-state index is 0.634. The van der Waals surface area contributed by atoms with E-state index in [0.29, 0.717) is 12.3 Å². The van der Waals surface area contributed by atoms with Gasteiger partial charge in [0.05, 0.1) is 18.8 Å².